The Morgan fingerprint density at radius 1 is 0.963 bits per heavy atom. The van der Waals surface area contributed by atoms with Crippen molar-refractivity contribution in [2.24, 2.45) is 0 Å². The van der Waals surface area contributed by atoms with Crippen LogP contribution in [-0.4, -0.2) is 10.5 Å². The molecule has 2 aromatic carbocycles. The summed E-state index contributed by atoms with van der Waals surface area (Å²) in [6, 6.07) is 11.7. The molecule has 0 aliphatic carbocycles. The number of nitrogens with zero attached hydrogens (tertiary/aromatic N) is 1. The molecule has 3 rings (SSSR count). The Balaban J connectivity index is 1.83. The van der Waals surface area contributed by atoms with Gasteiger partial charge >= 0.3 is 0 Å². The monoisotopic (exact) mass is 368 g/mol. The van der Waals surface area contributed by atoms with Crippen LogP contribution in [0, 0.1) is 25.5 Å². The number of anilines is 1. The molecule has 0 aliphatic heterocycles. The van der Waals surface area contributed by atoms with E-state index in [0.29, 0.717) is 11.3 Å². The van der Waals surface area contributed by atoms with Crippen LogP contribution >= 0.6 is 0 Å². The van der Waals surface area contributed by atoms with Gasteiger partial charge in [-0.2, -0.15) is 0 Å². The lowest BCUT2D eigenvalue weighted by atomic mass is 10.1. The van der Waals surface area contributed by atoms with Crippen LogP contribution in [0.2, 0.25) is 0 Å². The van der Waals surface area contributed by atoms with Gasteiger partial charge in [-0.25, -0.2) is 8.78 Å². The van der Waals surface area contributed by atoms with Gasteiger partial charge in [0.2, 0.25) is 0 Å². The number of rotatable bonds is 4. The molecule has 0 spiro atoms. The van der Waals surface area contributed by atoms with E-state index in [4.69, 9.17) is 0 Å². The lowest BCUT2D eigenvalue weighted by Gasteiger charge is -2.10. The van der Waals surface area contributed by atoms with Crippen molar-refractivity contribution in [1.82, 2.24) is 4.57 Å². The zero-order valence-electron chi connectivity index (χ0n) is 14.9. The first-order valence-electron chi connectivity index (χ1n) is 8.36. The van der Waals surface area contributed by atoms with Crippen molar-refractivity contribution < 1.29 is 13.6 Å². The zero-order valence-corrected chi connectivity index (χ0v) is 14.9. The first-order chi connectivity index (χ1) is 12.8. The molecule has 0 saturated heterocycles. The van der Waals surface area contributed by atoms with Gasteiger partial charge in [-0.15, -0.1) is 0 Å². The summed E-state index contributed by atoms with van der Waals surface area (Å²) in [6.45, 7) is 3.96. The third-order valence-electron chi connectivity index (χ3n) is 4.35. The maximum Gasteiger partial charge on any atom is 0.257 e. The van der Waals surface area contributed by atoms with Crippen LogP contribution in [0.5, 0.6) is 0 Å². The highest BCUT2D eigenvalue weighted by Gasteiger charge is 2.10. The molecule has 0 atom stereocenters. The van der Waals surface area contributed by atoms with Crippen LogP contribution in [0.1, 0.15) is 27.0 Å². The fraction of sp³-hybridized carbons (Fsp3) is 0.143. The molecule has 1 heterocycles. The Kier molecular flexibility index (Phi) is 5.16. The van der Waals surface area contributed by atoms with E-state index >= 15 is 0 Å². The molecule has 0 radical (unpaired) electrons. The summed E-state index contributed by atoms with van der Waals surface area (Å²) in [6.07, 6.45) is 1.40. The third-order valence-corrected chi connectivity index (χ3v) is 4.35. The molecule has 1 aromatic heterocycles. The van der Waals surface area contributed by atoms with Crippen LogP contribution in [0.4, 0.5) is 14.5 Å². The SMILES string of the molecule is Cc1ccc(NC(=O)c2ccc(=O)n(Cc3ccc(F)c(F)c3)c2)cc1C. The number of halogens is 2. The summed E-state index contributed by atoms with van der Waals surface area (Å²) in [5.41, 5.74) is 3.19. The highest BCUT2D eigenvalue weighted by Crippen LogP contribution is 2.15. The van der Waals surface area contributed by atoms with E-state index in [9.17, 15) is 18.4 Å². The molecule has 4 nitrogen and oxygen atoms in total. The Morgan fingerprint density at radius 3 is 2.44 bits per heavy atom. The Morgan fingerprint density at radius 2 is 1.74 bits per heavy atom. The standard InChI is InChI=1S/C21H18F2N2O2/c1-13-3-6-17(9-14(13)2)24-21(27)16-5-8-20(26)25(12-16)11-15-4-7-18(22)19(23)10-15/h3-10,12H,11H2,1-2H3,(H,24,27). The van der Waals surface area contributed by atoms with Crippen LogP contribution in [-0.2, 0) is 6.54 Å². The third kappa shape index (κ3) is 4.28. The average molecular weight is 368 g/mol. The number of hydrogen-bond donors (Lipinski definition) is 1. The van der Waals surface area contributed by atoms with E-state index in [1.54, 1.807) is 6.07 Å². The maximum atomic E-state index is 13.4. The van der Waals surface area contributed by atoms with Crippen LogP contribution < -0.4 is 10.9 Å². The predicted octanol–water partition coefficient (Wildman–Crippen LogP) is 4.04. The summed E-state index contributed by atoms with van der Waals surface area (Å²) in [7, 11) is 0. The Labute approximate surface area is 155 Å². The van der Waals surface area contributed by atoms with Gasteiger partial charge < -0.3 is 9.88 Å². The molecule has 27 heavy (non-hydrogen) atoms. The number of carbonyl (C=O) groups is 1. The largest absolute Gasteiger partial charge is 0.322 e. The molecule has 0 unspecified atom stereocenters. The summed E-state index contributed by atoms with van der Waals surface area (Å²) in [5.74, 6) is -2.30. The van der Waals surface area contributed by atoms with E-state index in [0.717, 1.165) is 23.3 Å². The van der Waals surface area contributed by atoms with E-state index < -0.39 is 11.6 Å². The van der Waals surface area contributed by atoms with Crippen molar-refractivity contribution in [1.29, 1.82) is 0 Å². The molecule has 0 bridgehead atoms. The maximum absolute atomic E-state index is 13.4. The number of benzene rings is 2. The number of carbonyl (C=O) groups excluding carboxylic acids is 1. The van der Waals surface area contributed by atoms with Gasteiger partial charge in [0.1, 0.15) is 0 Å². The fourth-order valence-electron chi connectivity index (χ4n) is 2.65. The number of amides is 1. The Bertz CT molecular complexity index is 1070. The molecular weight excluding hydrogens is 350 g/mol. The van der Waals surface area contributed by atoms with Crippen molar-refractivity contribution in [3.8, 4) is 0 Å². The fourth-order valence-corrected chi connectivity index (χ4v) is 2.65. The van der Waals surface area contributed by atoms with Gasteiger partial charge in [0.05, 0.1) is 12.1 Å². The molecular formula is C21H18F2N2O2. The molecule has 1 N–H and O–H groups in total. The Hall–Kier alpha value is -3.28. The zero-order chi connectivity index (χ0) is 19.6. The van der Waals surface area contributed by atoms with Crippen molar-refractivity contribution in [3.63, 3.8) is 0 Å². The average Bonchev–Trinajstić information content (AvgIpc) is 2.63. The summed E-state index contributed by atoms with van der Waals surface area (Å²) in [4.78, 5) is 24.5. The lowest BCUT2D eigenvalue weighted by molar-refractivity contribution is 0.102. The van der Waals surface area contributed by atoms with Gasteiger partial charge in [0.25, 0.3) is 11.5 Å². The number of nitrogens with one attached hydrogen (secondary N) is 1. The molecule has 1 amide bonds. The summed E-state index contributed by atoms with van der Waals surface area (Å²) >= 11 is 0. The van der Waals surface area contributed by atoms with E-state index in [1.807, 2.05) is 26.0 Å². The summed E-state index contributed by atoms with van der Waals surface area (Å²) < 4.78 is 27.7. The van der Waals surface area contributed by atoms with Crippen molar-refractivity contribution in [2.45, 2.75) is 20.4 Å². The topological polar surface area (TPSA) is 51.1 Å². The first-order valence-corrected chi connectivity index (χ1v) is 8.36. The van der Waals surface area contributed by atoms with Crippen LogP contribution in [0.3, 0.4) is 0 Å². The lowest BCUT2D eigenvalue weighted by Crippen LogP contribution is -2.22. The van der Waals surface area contributed by atoms with Gasteiger partial charge in [-0.3, -0.25) is 9.59 Å². The van der Waals surface area contributed by atoms with E-state index in [-0.39, 0.29) is 23.6 Å². The van der Waals surface area contributed by atoms with Crippen molar-refractivity contribution in [2.75, 3.05) is 5.32 Å². The second kappa shape index (κ2) is 7.53. The van der Waals surface area contributed by atoms with Gasteiger partial charge in [-0.05, 0) is 60.9 Å². The van der Waals surface area contributed by atoms with E-state index in [2.05, 4.69) is 5.32 Å². The minimum Gasteiger partial charge on any atom is -0.322 e. The van der Waals surface area contributed by atoms with Crippen molar-refractivity contribution in [3.05, 3.63) is 99.0 Å². The normalized spacial score (nSPS) is 10.7. The number of aryl methyl sites for hydroxylation is 2. The number of pyridine rings is 1. The highest BCUT2D eigenvalue weighted by atomic mass is 19.2. The smallest absolute Gasteiger partial charge is 0.257 e. The van der Waals surface area contributed by atoms with Gasteiger partial charge in [-0.1, -0.05) is 12.1 Å². The molecule has 0 fully saturated rings. The summed E-state index contributed by atoms with van der Waals surface area (Å²) in [5, 5.41) is 2.79. The quantitative estimate of drug-likeness (QED) is 0.756. The molecule has 138 valence electrons. The molecule has 0 aliphatic rings. The minimum atomic E-state index is -0.982. The second-order valence-electron chi connectivity index (χ2n) is 6.39. The van der Waals surface area contributed by atoms with E-state index in [1.165, 1.54) is 29.0 Å². The molecule has 6 heteroatoms. The van der Waals surface area contributed by atoms with Crippen molar-refractivity contribution >= 4 is 11.6 Å². The molecule has 0 saturated carbocycles. The second-order valence-corrected chi connectivity index (χ2v) is 6.39. The first kappa shape index (κ1) is 18.5. The highest BCUT2D eigenvalue weighted by molar-refractivity contribution is 6.04. The van der Waals surface area contributed by atoms with Gasteiger partial charge in [0.15, 0.2) is 11.6 Å². The number of hydrogen-bond acceptors (Lipinski definition) is 2. The predicted molar refractivity (Wildman–Crippen MR) is 100 cm³/mol. The number of aromatic nitrogens is 1. The van der Waals surface area contributed by atoms with Crippen LogP contribution in [0.15, 0.2) is 59.5 Å². The molecule has 3 aromatic rings. The van der Waals surface area contributed by atoms with Gasteiger partial charge in [0, 0.05) is 18.0 Å². The van der Waals surface area contributed by atoms with Crippen LogP contribution in [0.25, 0.3) is 0 Å². The minimum absolute atomic E-state index is 0.0286.